The molecule has 0 atom stereocenters. The van der Waals surface area contributed by atoms with Crippen LogP contribution in [0.2, 0.25) is 0 Å². The van der Waals surface area contributed by atoms with Gasteiger partial charge >= 0.3 is 0 Å². The topological polar surface area (TPSA) is 3.24 Å². The molecule has 0 aromatic heterocycles. The van der Waals surface area contributed by atoms with Gasteiger partial charge in [0.1, 0.15) is 0 Å². The Bertz CT molecular complexity index is 3640. The third kappa shape index (κ3) is 6.33. The molecular weight excluding hydrogens is 759 g/mol. The highest BCUT2D eigenvalue weighted by Gasteiger charge is 2.19. The maximum absolute atomic E-state index is 2.38. The van der Waals surface area contributed by atoms with Crippen LogP contribution in [0.15, 0.2) is 249 Å². The van der Waals surface area contributed by atoms with Crippen molar-refractivity contribution in [3.63, 3.8) is 0 Å². The first kappa shape index (κ1) is 36.6. The normalized spacial score (nSPS) is 11.5. The Labute approximate surface area is 367 Å². The zero-order chi connectivity index (χ0) is 41.7. The quantitative estimate of drug-likeness (QED) is 0.145. The van der Waals surface area contributed by atoms with Gasteiger partial charge in [0, 0.05) is 17.1 Å². The van der Waals surface area contributed by atoms with Crippen LogP contribution in [-0.4, -0.2) is 0 Å². The zero-order valence-corrected chi connectivity index (χ0v) is 34.6. The molecule has 0 spiro atoms. The van der Waals surface area contributed by atoms with Gasteiger partial charge in [0.2, 0.25) is 0 Å². The maximum Gasteiger partial charge on any atom is 0.0462 e. The number of fused-ring (bicyclic) bond motifs is 7. The van der Waals surface area contributed by atoms with Gasteiger partial charge in [-0.2, -0.15) is 0 Å². The summed E-state index contributed by atoms with van der Waals surface area (Å²) in [4.78, 5) is 2.38. The van der Waals surface area contributed by atoms with E-state index in [0.29, 0.717) is 0 Å². The first-order valence-corrected chi connectivity index (χ1v) is 21.8. The molecule has 1 nitrogen and oxygen atoms in total. The Morgan fingerprint density at radius 2 is 0.587 bits per heavy atom. The fourth-order valence-electron chi connectivity index (χ4n) is 9.92. The van der Waals surface area contributed by atoms with Crippen LogP contribution >= 0.6 is 0 Å². The monoisotopic (exact) mass is 799 g/mol. The Morgan fingerprint density at radius 3 is 1.16 bits per heavy atom. The lowest BCUT2D eigenvalue weighted by molar-refractivity contribution is 1.28. The highest BCUT2D eigenvalue weighted by atomic mass is 15.1. The van der Waals surface area contributed by atoms with Crippen molar-refractivity contribution in [3.05, 3.63) is 249 Å². The van der Waals surface area contributed by atoms with Gasteiger partial charge in [0.05, 0.1) is 0 Å². The van der Waals surface area contributed by atoms with E-state index in [2.05, 4.69) is 254 Å². The number of anilines is 3. The average Bonchev–Trinajstić information content (AvgIpc) is 3.36. The lowest BCUT2D eigenvalue weighted by Crippen LogP contribution is -2.09. The molecule has 0 aliphatic heterocycles. The third-order valence-corrected chi connectivity index (χ3v) is 12.8. The van der Waals surface area contributed by atoms with Crippen LogP contribution < -0.4 is 4.90 Å². The van der Waals surface area contributed by atoms with Crippen molar-refractivity contribution in [2.24, 2.45) is 0 Å². The standard InChI is InChI=1S/C62H41N/c1-2-16-45(17-3-1)61-58-26-12-10-23-55(58)56-24-11-13-27-59(56)62(61)46-33-39-50(40-34-46)63(48-35-29-43(30-36-48)52-28-14-19-42-15-4-6-20-51(42)52)49-37-31-44(32-38-49)60-41-47-18-5-7-21-53(47)54-22-8-9-25-57(54)60/h1-41H. The van der Waals surface area contributed by atoms with E-state index in [0.717, 1.165) is 17.1 Å². The van der Waals surface area contributed by atoms with E-state index in [-0.39, 0.29) is 0 Å². The number of benzene rings is 12. The van der Waals surface area contributed by atoms with Crippen molar-refractivity contribution >= 4 is 70.9 Å². The molecule has 0 heterocycles. The van der Waals surface area contributed by atoms with Gasteiger partial charge in [-0.15, -0.1) is 0 Å². The largest absolute Gasteiger partial charge is 0.311 e. The first-order valence-electron chi connectivity index (χ1n) is 21.8. The van der Waals surface area contributed by atoms with Gasteiger partial charge in [-0.25, -0.2) is 0 Å². The van der Waals surface area contributed by atoms with Gasteiger partial charge in [0.15, 0.2) is 0 Å². The minimum absolute atomic E-state index is 1.09. The highest BCUT2D eigenvalue weighted by Crippen LogP contribution is 2.46. The highest BCUT2D eigenvalue weighted by molar-refractivity contribution is 6.21. The predicted octanol–water partition coefficient (Wildman–Crippen LogP) is 17.6. The fraction of sp³-hybridized carbons (Fsp3) is 0. The number of nitrogens with zero attached hydrogens (tertiary/aromatic N) is 1. The number of hydrogen-bond donors (Lipinski definition) is 0. The molecule has 12 rings (SSSR count). The molecule has 294 valence electrons. The van der Waals surface area contributed by atoms with Gasteiger partial charge in [0.25, 0.3) is 0 Å². The van der Waals surface area contributed by atoms with Crippen LogP contribution in [0.1, 0.15) is 0 Å². The molecule has 12 aromatic rings. The van der Waals surface area contributed by atoms with Gasteiger partial charge in [-0.05, 0) is 141 Å². The van der Waals surface area contributed by atoms with Crippen LogP contribution in [0.3, 0.4) is 0 Å². The van der Waals surface area contributed by atoms with Gasteiger partial charge < -0.3 is 4.90 Å². The Kier molecular flexibility index (Phi) is 8.90. The Balaban J connectivity index is 1.01. The second-order valence-corrected chi connectivity index (χ2v) is 16.4. The lowest BCUT2D eigenvalue weighted by Gasteiger charge is -2.26. The summed E-state index contributed by atoms with van der Waals surface area (Å²) < 4.78 is 0. The smallest absolute Gasteiger partial charge is 0.0462 e. The SMILES string of the molecule is c1ccc(-c2c(-c3ccc(N(c4ccc(-c5cccc6ccccc56)cc4)c4ccc(-c5cc6ccccc6c6ccccc56)cc4)cc3)c3ccccc3c3ccccc23)cc1. The van der Waals surface area contributed by atoms with Crippen molar-refractivity contribution in [1.29, 1.82) is 0 Å². The summed E-state index contributed by atoms with van der Waals surface area (Å²) in [6, 6.07) is 91.0. The van der Waals surface area contributed by atoms with Crippen LogP contribution in [0.5, 0.6) is 0 Å². The molecule has 0 N–H and O–H groups in total. The average molecular weight is 800 g/mol. The minimum Gasteiger partial charge on any atom is -0.311 e. The van der Waals surface area contributed by atoms with Crippen molar-refractivity contribution in [3.8, 4) is 44.5 Å². The Hall–Kier alpha value is -8.26. The summed E-state index contributed by atoms with van der Waals surface area (Å²) >= 11 is 0. The van der Waals surface area contributed by atoms with E-state index in [4.69, 9.17) is 0 Å². The van der Waals surface area contributed by atoms with Crippen molar-refractivity contribution in [2.45, 2.75) is 0 Å². The van der Waals surface area contributed by atoms with Crippen LogP contribution in [0, 0.1) is 0 Å². The van der Waals surface area contributed by atoms with Crippen molar-refractivity contribution < 1.29 is 0 Å². The summed E-state index contributed by atoms with van der Waals surface area (Å²) in [6.07, 6.45) is 0. The number of rotatable bonds is 7. The van der Waals surface area contributed by atoms with Gasteiger partial charge in [-0.3, -0.25) is 0 Å². The second kappa shape index (κ2) is 15.3. The van der Waals surface area contributed by atoms with Gasteiger partial charge in [-0.1, -0.05) is 206 Å². The van der Waals surface area contributed by atoms with E-state index in [9.17, 15) is 0 Å². The maximum atomic E-state index is 2.38. The molecule has 0 radical (unpaired) electrons. The second-order valence-electron chi connectivity index (χ2n) is 16.4. The molecule has 0 unspecified atom stereocenters. The molecule has 12 aromatic carbocycles. The van der Waals surface area contributed by atoms with Crippen LogP contribution in [-0.2, 0) is 0 Å². The third-order valence-electron chi connectivity index (χ3n) is 12.8. The van der Waals surface area contributed by atoms with Crippen LogP contribution in [0.4, 0.5) is 17.1 Å². The summed E-state index contributed by atoms with van der Waals surface area (Å²) in [6.45, 7) is 0. The lowest BCUT2D eigenvalue weighted by atomic mass is 9.85. The molecule has 63 heavy (non-hydrogen) atoms. The molecular formula is C62H41N. The molecule has 1 heteroatoms. The van der Waals surface area contributed by atoms with E-state index in [1.807, 2.05) is 0 Å². The van der Waals surface area contributed by atoms with E-state index < -0.39 is 0 Å². The summed E-state index contributed by atoms with van der Waals surface area (Å²) in [7, 11) is 0. The van der Waals surface area contributed by atoms with E-state index >= 15 is 0 Å². The first-order chi connectivity index (χ1) is 31.3. The van der Waals surface area contributed by atoms with Crippen LogP contribution in [0.25, 0.3) is 98.4 Å². The summed E-state index contributed by atoms with van der Waals surface area (Å²) in [5.41, 5.74) is 13.0. The minimum atomic E-state index is 1.09. The molecule has 0 saturated heterocycles. The molecule has 0 amide bonds. The van der Waals surface area contributed by atoms with E-state index in [1.54, 1.807) is 0 Å². The molecule has 0 aliphatic rings. The number of hydrogen-bond acceptors (Lipinski definition) is 1. The molecule has 0 fully saturated rings. The Morgan fingerprint density at radius 1 is 0.206 bits per heavy atom. The van der Waals surface area contributed by atoms with Crippen molar-refractivity contribution in [1.82, 2.24) is 0 Å². The fourth-order valence-corrected chi connectivity index (χ4v) is 9.92. The molecule has 0 saturated carbocycles. The van der Waals surface area contributed by atoms with E-state index in [1.165, 1.54) is 98.4 Å². The molecule has 0 aliphatic carbocycles. The summed E-state index contributed by atoms with van der Waals surface area (Å²) in [5.74, 6) is 0. The zero-order valence-electron chi connectivity index (χ0n) is 34.6. The summed E-state index contributed by atoms with van der Waals surface area (Å²) in [5, 5.41) is 12.6. The predicted molar refractivity (Wildman–Crippen MR) is 270 cm³/mol. The molecule has 0 bridgehead atoms. The van der Waals surface area contributed by atoms with Crippen molar-refractivity contribution in [2.75, 3.05) is 4.90 Å².